The molecule has 0 spiro atoms. The van der Waals surface area contributed by atoms with Crippen molar-refractivity contribution in [3.63, 3.8) is 0 Å². The topological polar surface area (TPSA) is 72.6 Å². The van der Waals surface area contributed by atoms with Crippen LogP contribution in [0.4, 0.5) is 0 Å². The summed E-state index contributed by atoms with van der Waals surface area (Å²) >= 11 is 0. The van der Waals surface area contributed by atoms with E-state index in [2.05, 4.69) is 4.47 Å². The second kappa shape index (κ2) is 2.53. The lowest BCUT2D eigenvalue weighted by Gasteiger charge is -1.89. The van der Waals surface area contributed by atoms with Crippen molar-refractivity contribution in [2.75, 3.05) is 11.5 Å². The number of hydrogen-bond donors (Lipinski definition) is 0. The number of hydrogen-bond acceptors (Lipinski definition) is 3. The molecule has 0 aromatic carbocycles. The Morgan fingerprint density at radius 1 is 1.40 bits per heavy atom. The van der Waals surface area contributed by atoms with Crippen molar-refractivity contribution in [2.45, 2.75) is 12.8 Å². The van der Waals surface area contributed by atoms with Gasteiger partial charge in [0.15, 0.2) is 5.03 Å². The van der Waals surface area contributed by atoms with E-state index in [9.17, 15) is 14.3 Å². The first-order valence-corrected chi connectivity index (χ1v) is 4.84. The van der Waals surface area contributed by atoms with Crippen LogP contribution in [0.1, 0.15) is 12.8 Å². The van der Waals surface area contributed by atoms with E-state index in [0.717, 1.165) is 12.8 Å². The van der Waals surface area contributed by atoms with Crippen molar-refractivity contribution in [3.05, 3.63) is 10.1 Å². The van der Waals surface area contributed by atoms with Gasteiger partial charge in [-0.1, -0.05) is 0 Å². The monoisotopic (exact) mass is 164 g/mol. The summed E-state index contributed by atoms with van der Waals surface area (Å²) in [6.07, 6.45) is 1.60. The minimum Gasteiger partial charge on any atom is -0.244 e. The highest BCUT2D eigenvalue weighted by atomic mass is 32.2. The minimum absolute atomic E-state index is 0.397. The SMILES string of the molecule is O=[N+]([O-])N=S1(=O)CCCC1. The van der Waals surface area contributed by atoms with Gasteiger partial charge in [0.2, 0.25) is 0 Å². The summed E-state index contributed by atoms with van der Waals surface area (Å²) in [5.41, 5.74) is 0. The summed E-state index contributed by atoms with van der Waals surface area (Å²) in [5.74, 6) is 0.794. The van der Waals surface area contributed by atoms with Crippen LogP contribution in [0.5, 0.6) is 0 Å². The number of nitrogens with zero attached hydrogens (tertiary/aromatic N) is 2. The molecule has 0 radical (unpaired) electrons. The third-order valence-corrected chi connectivity index (χ3v) is 3.68. The van der Waals surface area contributed by atoms with E-state index in [0.29, 0.717) is 11.5 Å². The molecule has 0 bridgehead atoms. The molecule has 1 saturated heterocycles. The van der Waals surface area contributed by atoms with Crippen LogP contribution in [-0.2, 0) is 9.73 Å². The molecule has 0 amide bonds. The van der Waals surface area contributed by atoms with Gasteiger partial charge < -0.3 is 0 Å². The zero-order valence-corrected chi connectivity index (χ0v) is 6.17. The lowest BCUT2D eigenvalue weighted by molar-refractivity contribution is -0.482. The molecule has 0 saturated carbocycles. The van der Waals surface area contributed by atoms with Crippen LogP contribution in [0.3, 0.4) is 0 Å². The highest BCUT2D eigenvalue weighted by Gasteiger charge is 2.19. The summed E-state index contributed by atoms with van der Waals surface area (Å²) in [7, 11) is -2.43. The van der Waals surface area contributed by atoms with E-state index < -0.39 is 14.8 Å². The van der Waals surface area contributed by atoms with E-state index in [-0.39, 0.29) is 0 Å². The lowest BCUT2D eigenvalue weighted by atomic mass is 10.4. The highest BCUT2D eigenvalue weighted by molar-refractivity contribution is 7.93. The van der Waals surface area contributed by atoms with E-state index in [1.165, 1.54) is 0 Å². The molecule has 0 unspecified atom stereocenters. The number of rotatable bonds is 1. The Morgan fingerprint density at radius 2 is 1.90 bits per heavy atom. The minimum atomic E-state index is -2.43. The standard InChI is InChI=1S/C4H8N2O3S/c7-6(8)5-10(9)3-1-2-4-10/h1-4H2. The molecule has 10 heavy (non-hydrogen) atoms. The molecule has 58 valence electrons. The summed E-state index contributed by atoms with van der Waals surface area (Å²) in [4.78, 5) is 9.82. The molecule has 0 aromatic rings. The molecule has 1 heterocycles. The van der Waals surface area contributed by atoms with Gasteiger partial charge in [-0.15, -0.1) is 0 Å². The van der Waals surface area contributed by atoms with E-state index in [1.54, 1.807) is 0 Å². The summed E-state index contributed by atoms with van der Waals surface area (Å²) in [6.45, 7) is 0. The fourth-order valence-corrected chi connectivity index (χ4v) is 2.88. The highest BCUT2D eigenvalue weighted by Crippen LogP contribution is 2.12. The largest absolute Gasteiger partial charge is 0.244 e. The van der Waals surface area contributed by atoms with Crippen LogP contribution < -0.4 is 0 Å². The zero-order chi connectivity index (χ0) is 7.61. The van der Waals surface area contributed by atoms with Crippen LogP contribution in [-0.4, -0.2) is 20.7 Å². The molecule has 1 fully saturated rings. The van der Waals surface area contributed by atoms with Gasteiger partial charge in [0.05, 0.1) is 0 Å². The molecule has 6 heteroatoms. The van der Waals surface area contributed by atoms with Crippen LogP contribution >= 0.6 is 0 Å². The van der Waals surface area contributed by atoms with Gasteiger partial charge in [0.25, 0.3) is 0 Å². The van der Waals surface area contributed by atoms with Crippen LogP contribution in [0.15, 0.2) is 4.47 Å². The first-order chi connectivity index (χ1) is 4.62. The lowest BCUT2D eigenvalue weighted by Crippen LogP contribution is -2.03. The first kappa shape index (κ1) is 7.46. The Hall–Kier alpha value is -0.650. The Morgan fingerprint density at radius 3 is 2.30 bits per heavy atom. The molecule has 0 aromatic heterocycles. The predicted octanol–water partition coefficient (Wildman–Crippen LogP) is 0.440. The average Bonchev–Trinajstić information content (AvgIpc) is 2.12. The summed E-state index contributed by atoms with van der Waals surface area (Å²) in [5, 5.41) is 8.98. The van der Waals surface area contributed by atoms with Gasteiger partial charge >= 0.3 is 0 Å². The smallest absolute Gasteiger partial charge is 0.199 e. The fourth-order valence-electron chi connectivity index (χ4n) is 0.960. The predicted molar refractivity (Wildman–Crippen MR) is 36.5 cm³/mol. The van der Waals surface area contributed by atoms with Crippen LogP contribution in [0.2, 0.25) is 0 Å². The normalized spacial score (nSPS) is 22.4. The molecule has 1 rings (SSSR count). The third-order valence-electron chi connectivity index (χ3n) is 1.39. The van der Waals surface area contributed by atoms with Gasteiger partial charge in [-0.2, -0.15) is 0 Å². The van der Waals surface area contributed by atoms with Crippen LogP contribution in [0, 0.1) is 10.1 Å². The molecule has 1 aliphatic heterocycles. The summed E-state index contributed by atoms with van der Waals surface area (Å²) in [6, 6.07) is 0. The van der Waals surface area contributed by atoms with Crippen molar-refractivity contribution in [2.24, 2.45) is 4.47 Å². The maximum Gasteiger partial charge on any atom is 0.199 e. The second-order valence-corrected chi connectivity index (χ2v) is 4.73. The Kier molecular flexibility index (Phi) is 1.89. The molecular weight excluding hydrogens is 156 g/mol. The van der Waals surface area contributed by atoms with Gasteiger partial charge in [0, 0.05) is 11.5 Å². The Balaban J connectivity index is 2.87. The van der Waals surface area contributed by atoms with Crippen LogP contribution in [0.25, 0.3) is 0 Å². The fraction of sp³-hybridized carbons (Fsp3) is 1.00. The zero-order valence-electron chi connectivity index (χ0n) is 5.36. The van der Waals surface area contributed by atoms with Gasteiger partial charge in [-0.25, -0.2) is 14.3 Å². The maximum absolute atomic E-state index is 11.2. The van der Waals surface area contributed by atoms with E-state index in [4.69, 9.17) is 0 Å². The van der Waals surface area contributed by atoms with Crippen molar-refractivity contribution < 1.29 is 9.24 Å². The Labute approximate surface area is 58.7 Å². The quantitative estimate of drug-likeness (QED) is 0.417. The molecule has 5 nitrogen and oxygen atoms in total. The Bertz CT molecular complexity index is 241. The number of nitro groups is 1. The van der Waals surface area contributed by atoms with Crippen molar-refractivity contribution in [1.29, 1.82) is 0 Å². The third kappa shape index (κ3) is 1.66. The van der Waals surface area contributed by atoms with E-state index >= 15 is 0 Å². The first-order valence-electron chi connectivity index (χ1n) is 2.99. The van der Waals surface area contributed by atoms with Crippen molar-refractivity contribution in [1.82, 2.24) is 0 Å². The van der Waals surface area contributed by atoms with Gasteiger partial charge in [-0.05, 0) is 12.8 Å². The summed E-state index contributed by atoms with van der Waals surface area (Å²) < 4.78 is 14.1. The molecular formula is C4H8N2O3S. The molecule has 1 aliphatic rings. The second-order valence-electron chi connectivity index (χ2n) is 2.21. The average molecular weight is 164 g/mol. The molecule has 0 N–H and O–H groups in total. The van der Waals surface area contributed by atoms with E-state index in [1.807, 2.05) is 0 Å². The van der Waals surface area contributed by atoms with Gasteiger partial charge in [0.1, 0.15) is 14.2 Å². The van der Waals surface area contributed by atoms with Crippen molar-refractivity contribution >= 4 is 9.73 Å². The molecule has 0 atom stereocenters. The van der Waals surface area contributed by atoms with Gasteiger partial charge in [-0.3, -0.25) is 0 Å². The molecule has 0 aliphatic carbocycles. The van der Waals surface area contributed by atoms with Crippen molar-refractivity contribution in [3.8, 4) is 0 Å². The maximum atomic E-state index is 11.2.